The minimum absolute atomic E-state index is 0.0148. The third-order valence-electron chi connectivity index (χ3n) is 3.61. The van der Waals surface area contributed by atoms with Crippen molar-refractivity contribution in [2.75, 3.05) is 11.9 Å². The molecule has 0 aromatic heterocycles. The van der Waals surface area contributed by atoms with Gasteiger partial charge in [-0.25, -0.2) is 8.78 Å². The Hall–Kier alpha value is -1.65. The Labute approximate surface area is 117 Å². The average Bonchev–Trinajstić information content (AvgIpc) is 2.69. The molecule has 2 rings (SSSR count). The van der Waals surface area contributed by atoms with Gasteiger partial charge in [0.1, 0.15) is 0 Å². The molecule has 20 heavy (non-hydrogen) atoms. The lowest BCUT2D eigenvalue weighted by molar-refractivity contribution is -0.120. The summed E-state index contributed by atoms with van der Waals surface area (Å²) in [6, 6.07) is 4.08. The Morgan fingerprint density at radius 1 is 1.15 bits per heavy atom. The molecule has 1 aromatic rings. The predicted octanol–water partition coefficient (Wildman–Crippen LogP) is 3.22. The van der Waals surface area contributed by atoms with Gasteiger partial charge in [0.25, 0.3) is 0 Å². The quantitative estimate of drug-likeness (QED) is 0.833. The second kappa shape index (κ2) is 7.22. The van der Waals surface area contributed by atoms with E-state index in [9.17, 15) is 13.6 Å². The molecule has 0 atom stereocenters. The van der Waals surface area contributed by atoms with Crippen LogP contribution in [0, 0.1) is 11.6 Å². The van der Waals surface area contributed by atoms with Crippen LogP contribution in [0.5, 0.6) is 0 Å². The molecule has 0 bridgehead atoms. The van der Waals surface area contributed by atoms with Crippen LogP contribution in [0.1, 0.15) is 38.5 Å². The third-order valence-corrected chi connectivity index (χ3v) is 3.61. The maximum Gasteiger partial charge on any atom is 0.239 e. The SMILES string of the molecule is O=C(CNc1cccc(F)c1F)NC1CCCCCC1. The predicted molar refractivity (Wildman–Crippen MR) is 74.5 cm³/mol. The van der Waals surface area contributed by atoms with Crippen LogP contribution in [-0.2, 0) is 4.79 Å². The monoisotopic (exact) mass is 282 g/mol. The van der Waals surface area contributed by atoms with E-state index in [-0.39, 0.29) is 24.2 Å². The van der Waals surface area contributed by atoms with Gasteiger partial charge in [0.15, 0.2) is 11.6 Å². The highest BCUT2D eigenvalue weighted by Gasteiger charge is 2.15. The second-order valence-electron chi connectivity index (χ2n) is 5.21. The first-order valence-corrected chi connectivity index (χ1v) is 7.14. The fraction of sp³-hybridized carbons (Fsp3) is 0.533. The summed E-state index contributed by atoms with van der Waals surface area (Å²) in [7, 11) is 0. The molecule has 1 fully saturated rings. The van der Waals surface area contributed by atoms with Gasteiger partial charge in [-0.2, -0.15) is 0 Å². The number of amides is 1. The van der Waals surface area contributed by atoms with Crippen molar-refractivity contribution < 1.29 is 13.6 Å². The zero-order valence-electron chi connectivity index (χ0n) is 11.4. The molecule has 1 aliphatic rings. The van der Waals surface area contributed by atoms with Crippen molar-refractivity contribution in [1.29, 1.82) is 0 Å². The normalized spacial score (nSPS) is 16.5. The molecule has 3 nitrogen and oxygen atoms in total. The lowest BCUT2D eigenvalue weighted by Crippen LogP contribution is -2.38. The topological polar surface area (TPSA) is 41.1 Å². The molecule has 0 spiro atoms. The van der Waals surface area contributed by atoms with E-state index >= 15 is 0 Å². The van der Waals surface area contributed by atoms with Gasteiger partial charge in [-0.1, -0.05) is 31.7 Å². The first-order chi connectivity index (χ1) is 9.66. The number of carbonyl (C=O) groups is 1. The molecule has 0 heterocycles. The van der Waals surface area contributed by atoms with Gasteiger partial charge in [0, 0.05) is 6.04 Å². The zero-order chi connectivity index (χ0) is 14.4. The van der Waals surface area contributed by atoms with Crippen molar-refractivity contribution in [3.05, 3.63) is 29.8 Å². The molecule has 2 N–H and O–H groups in total. The summed E-state index contributed by atoms with van der Waals surface area (Å²) in [5.41, 5.74) is 0.0148. The van der Waals surface area contributed by atoms with Crippen LogP contribution >= 0.6 is 0 Å². The summed E-state index contributed by atoms with van der Waals surface area (Å²) < 4.78 is 26.4. The summed E-state index contributed by atoms with van der Waals surface area (Å²) in [6.45, 7) is -0.0448. The van der Waals surface area contributed by atoms with Crippen molar-refractivity contribution in [3.8, 4) is 0 Å². The summed E-state index contributed by atoms with van der Waals surface area (Å²) in [5, 5.41) is 5.58. The van der Waals surface area contributed by atoms with E-state index in [4.69, 9.17) is 0 Å². The number of nitrogens with one attached hydrogen (secondary N) is 2. The minimum Gasteiger partial charge on any atom is -0.374 e. The molecule has 0 aliphatic heterocycles. The van der Waals surface area contributed by atoms with Gasteiger partial charge in [-0.15, -0.1) is 0 Å². The van der Waals surface area contributed by atoms with E-state index in [0.717, 1.165) is 31.7 Å². The van der Waals surface area contributed by atoms with Crippen molar-refractivity contribution in [2.24, 2.45) is 0 Å². The molecule has 110 valence electrons. The fourth-order valence-electron chi connectivity index (χ4n) is 2.52. The van der Waals surface area contributed by atoms with Crippen molar-refractivity contribution in [2.45, 2.75) is 44.6 Å². The summed E-state index contributed by atoms with van der Waals surface area (Å²) in [6.07, 6.45) is 6.71. The maximum atomic E-state index is 13.4. The van der Waals surface area contributed by atoms with E-state index in [1.165, 1.54) is 25.0 Å². The van der Waals surface area contributed by atoms with Gasteiger partial charge < -0.3 is 10.6 Å². The second-order valence-corrected chi connectivity index (χ2v) is 5.21. The molecule has 0 saturated heterocycles. The molecular weight excluding hydrogens is 262 g/mol. The smallest absolute Gasteiger partial charge is 0.239 e. The Bertz CT molecular complexity index is 457. The van der Waals surface area contributed by atoms with Crippen molar-refractivity contribution in [1.82, 2.24) is 5.32 Å². The third kappa shape index (κ3) is 4.18. The number of anilines is 1. The lowest BCUT2D eigenvalue weighted by atomic mass is 10.1. The minimum atomic E-state index is -0.949. The lowest BCUT2D eigenvalue weighted by Gasteiger charge is -2.16. The van der Waals surface area contributed by atoms with Crippen LogP contribution in [-0.4, -0.2) is 18.5 Å². The van der Waals surface area contributed by atoms with Crippen LogP contribution in [0.3, 0.4) is 0 Å². The van der Waals surface area contributed by atoms with Gasteiger partial charge in [-0.3, -0.25) is 4.79 Å². The van der Waals surface area contributed by atoms with Gasteiger partial charge in [-0.05, 0) is 25.0 Å². The van der Waals surface area contributed by atoms with Gasteiger partial charge in [0.05, 0.1) is 12.2 Å². The maximum absolute atomic E-state index is 13.4. The number of benzene rings is 1. The molecule has 0 radical (unpaired) electrons. The van der Waals surface area contributed by atoms with E-state index in [1.54, 1.807) is 0 Å². The highest BCUT2D eigenvalue weighted by Crippen LogP contribution is 2.18. The van der Waals surface area contributed by atoms with Crippen LogP contribution in [0.4, 0.5) is 14.5 Å². The van der Waals surface area contributed by atoms with E-state index in [0.29, 0.717) is 0 Å². The number of hydrogen-bond acceptors (Lipinski definition) is 2. The summed E-state index contributed by atoms with van der Waals surface area (Å²) in [4.78, 5) is 11.8. The largest absolute Gasteiger partial charge is 0.374 e. The number of rotatable bonds is 4. The Morgan fingerprint density at radius 2 is 1.85 bits per heavy atom. The number of carbonyl (C=O) groups excluding carboxylic acids is 1. The summed E-state index contributed by atoms with van der Waals surface area (Å²) >= 11 is 0. The number of halogens is 2. The molecule has 1 amide bonds. The van der Waals surface area contributed by atoms with Crippen LogP contribution in [0.25, 0.3) is 0 Å². The van der Waals surface area contributed by atoms with Gasteiger partial charge >= 0.3 is 0 Å². The Balaban J connectivity index is 1.81. The van der Waals surface area contributed by atoms with Crippen LogP contribution in [0.2, 0.25) is 0 Å². The molecule has 0 unspecified atom stereocenters. The Morgan fingerprint density at radius 3 is 2.55 bits per heavy atom. The molecule has 1 aromatic carbocycles. The van der Waals surface area contributed by atoms with E-state index < -0.39 is 11.6 Å². The highest BCUT2D eigenvalue weighted by atomic mass is 19.2. The Kier molecular flexibility index (Phi) is 5.32. The van der Waals surface area contributed by atoms with Gasteiger partial charge in [0.2, 0.25) is 5.91 Å². The zero-order valence-corrected chi connectivity index (χ0v) is 11.4. The highest BCUT2D eigenvalue weighted by molar-refractivity contribution is 5.81. The first kappa shape index (κ1) is 14.8. The molecule has 1 saturated carbocycles. The van der Waals surface area contributed by atoms with E-state index in [2.05, 4.69) is 10.6 Å². The molecular formula is C15H20F2N2O. The number of hydrogen-bond donors (Lipinski definition) is 2. The van der Waals surface area contributed by atoms with Crippen LogP contribution < -0.4 is 10.6 Å². The fourth-order valence-corrected chi connectivity index (χ4v) is 2.52. The average molecular weight is 282 g/mol. The molecule has 1 aliphatic carbocycles. The first-order valence-electron chi connectivity index (χ1n) is 7.14. The standard InChI is InChI=1S/C15H20F2N2O/c16-12-8-5-9-13(15(12)17)18-10-14(20)19-11-6-3-1-2-4-7-11/h5,8-9,11,18H,1-4,6-7,10H2,(H,19,20). The molecule has 5 heteroatoms. The summed E-state index contributed by atoms with van der Waals surface area (Å²) in [5.74, 6) is -2.05. The van der Waals surface area contributed by atoms with Crippen molar-refractivity contribution in [3.63, 3.8) is 0 Å². The van der Waals surface area contributed by atoms with E-state index in [1.807, 2.05) is 0 Å². The van der Waals surface area contributed by atoms with Crippen LogP contribution in [0.15, 0.2) is 18.2 Å². The van der Waals surface area contributed by atoms with Crippen molar-refractivity contribution >= 4 is 11.6 Å².